The summed E-state index contributed by atoms with van der Waals surface area (Å²) in [7, 11) is 0. The van der Waals surface area contributed by atoms with Crippen molar-refractivity contribution in [2.45, 2.75) is 53.5 Å². The maximum absolute atomic E-state index is 6.69. The van der Waals surface area contributed by atoms with E-state index < -0.39 is 0 Å². The van der Waals surface area contributed by atoms with E-state index in [9.17, 15) is 0 Å². The van der Waals surface area contributed by atoms with Gasteiger partial charge in [-0.25, -0.2) is 0 Å². The second kappa shape index (κ2) is 19.5. The van der Waals surface area contributed by atoms with Crippen molar-refractivity contribution in [3.05, 3.63) is 226 Å². The minimum absolute atomic E-state index is 0.315. The summed E-state index contributed by atoms with van der Waals surface area (Å²) >= 11 is 0. The molecule has 0 spiro atoms. The van der Waals surface area contributed by atoms with Gasteiger partial charge in [0.05, 0.1) is 0 Å². The van der Waals surface area contributed by atoms with E-state index in [1.54, 1.807) is 0 Å². The molecule has 0 unspecified atom stereocenters. The zero-order valence-electron chi connectivity index (χ0n) is 34.0. The zero-order chi connectivity index (χ0) is 40.9. The smallest absolute Gasteiger partial charge is 0.130 e. The molecule has 0 aliphatic carbocycles. The standard InChI is InChI=1S/C54H48O6/c1-39-23-25-52-51(53(39)59-37-45-27-47(55-33-41-15-7-3-8-16-41)31-48(28-45)56-34-42-17-9-4-10-18-42)26-24-40(2)54(52)60-38-46-29-49(57-35-43-19-11-5-12-20-43)32-50(30-46)58-36-44-21-13-6-14-22-44/h3-32H,33-38H2,1-2H3. The van der Waals surface area contributed by atoms with Gasteiger partial charge in [-0.15, -0.1) is 0 Å². The van der Waals surface area contributed by atoms with E-state index in [0.29, 0.717) is 62.6 Å². The summed E-state index contributed by atoms with van der Waals surface area (Å²) in [6.45, 7) is 6.55. The van der Waals surface area contributed by atoms with Crippen LogP contribution in [0.5, 0.6) is 34.5 Å². The van der Waals surface area contributed by atoms with Crippen LogP contribution in [-0.4, -0.2) is 0 Å². The highest BCUT2D eigenvalue weighted by Gasteiger charge is 2.15. The van der Waals surface area contributed by atoms with Crippen LogP contribution in [0.25, 0.3) is 10.8 Å². The Morgan fingerprint density at radius 1 is 0.267 bits per heavy atom. The summed E-state index contributed by atoms with van der Waals surface area (Å²) in [6.07, 6.45) is 0. The molecule has 6 nitrogen and oxygen atoms in total. The summed E-state index contributed by atoms with van der Waals surface area (Å²) < 4.78 is 38.5. The highest BCUT2D eigenvalue weighted by molar-refractivity contribution is 5.95. The summed E-state index contributed by atoms with van der Waals surface area (Å²) in [6, 6.07) is 60.9. The summed E-state index contributed by atoms with van der Waals surface area (Å²) in [5, 5.41) is 1.94. The van der Waals surface area contributed by atoms with Crippen molar-refractivity contribution in [1.82, 2.24) is 0 Å². The van der Waals surface area contributed by atoms with Gasteiger partial charge in [0.1, 0.15) is 74.1 Å². The molecule has 8 aromatic carbocycles. The van der Waals surface area contributed by atoms with Gasteiger partial charge in [-0.1, -0.05) is 146 Å². The fourth-order valence-electron chi connectivity index (χ4n) is 6.99. The van der Waals surface area contributed by atoms with Crippen LogP contribution >= 0.6 is 0 Å². The van der Waals surface area contributed by atoms with E-state index in [4.69, 9.17) is 28.4 Å². The van der Waals surface area contributed by atoms with Gasteiger partial charge in [0.25, 0.3) is 0 Å². The molecule has 0 saturated heterocycles. The maximum atomic E-state index is 6.69. The Hall–Kier alpha value is -7.18. The van der Waals surface area contributed by atoms with Crippen LogP contribution < -0.4 is 28.4 Å². The van der Waals surface area contributed by atoms with Crippen LogP contribution in [0.3, 0.4) is 0 Å². The quantitative estimate of drug-likeness (QED) is 0.0862. The van der Waals surface area contributed by atoms with Gasteiger partial charge in [0.2, 0.25) is 0 Å². The van der Waals surface area contributed by atoms with Crippen molar-refractivity contribution in [3.8, 4) is 34.5 Å². The van der Waals surface area contributed by atoms with E-state index in [0.717, 1.165) is 66.8 Å². The molecular formula is C54H48O6. The Bertz CT molecular complexity index is 2300. The van der Waals surface area contributed by atoms with Crippen LogP contribution in [0.1, 0.15) is 44.5 Å². The first-order valence-electron chi connectivity index (χ1n) is 20.3. The van der Waals surface area contributed by atoms with Crippen LogP contribution in [0.2, 0.25) is 0 Å². The first-order chi connectivity index (χ1) is 29.5. The number of rotatable bonds is 18. The third kappa shape index (κ3) is 10.7. The minimum atomic E-state index is 0.315. The summed E-state index contributed by atoms with van der Waals surface area (Å²) in [5.74, 6) is 4.46. The number of aryl methyl sites for hydroxylation is 2. The lowest BCUT2D eigenvalue weighted by Gasteiger charge is -2.18. The van der Waals surface area contributed by atoms with Crippen LogP contribution in [0, 0.1) is 13.8 Å². The topological polar surface area (TPSA) is 55.4 Å². The Morgan fingerprint density at radius 2 is 0.533 bits per heavy atom. The van der Waals surface area contributed by atoms with Crippen molar-refractivity contribution in [3.63, 3.8) is 0 Å². The lowest BCUT2D eigenvalue weighted by Crippen LogP contribution is -2.03. The molecule has 0 radical (unpaired) electrons. The van der Waals surface area contributed by atoms with Gasteiger partial charge in [0, 0.05) is 22.9 Å². The number of ether oxygens (including phenoxy) is 6. The van der Waals surface area contributed by atoms with Gasteiger partial charge in [-0.05, 0) is 82.6 Å². The largest absolute Gasteiger partial charge is 0.489 e. The average molecular weight is 793 g/mol. The van der Waals surface area contributed by atoms with E-state index in [1.807, 2.05) is 109 Å². The predicted octanol–water partition coefficient (Wildman–Crippen LogP) is 12.9. The van der Waals surface area contributed by atoms with Crippen molar-refractivity contribution in [2.24, 2.45) is 0 Å². The number of benzene rings is 8. The van der Waals surface area contributed by atoms with Crippen LogP contribution in [0.15, 0.2) is 182 Å². The normalized spacial score (nSPS) is 10.9. The lowest BCUT2D eigenvalue weighted by molar-refractivity contribution is 0.281. The van der Waals surface area contributed by atoms with Gasteiger partial charge < -0.3 is 28.4 Å². The molecule has 300 valence electrons. The summed E-state index contributed by atoms with van der Waals surface area (Å²) in [4.78, 5) is 0. The molecule has 0 bridgehead atoms. The van der Waals surface area contributed by atoms with E-state index in [2.05, 4.69) is 86.6 Å². The van der Waals surface area contributed by atoms with E-state index in [1.165, 1.54) is 0 Å². The molecule has 0 aliphatic rings. The molecule has 0 saturated carbocycles. The number of hydrogen-bond acceptors (Lipinski definition) is 6. The fourth-order valence-corrected chi connectivity index (χ4v) is 6.99. The SMILES string of the molecule is Cc1ccc2c(OCc3cc(OCc4ccccc4)cc(OCc4ccccc4)c3)c(C)ccc2c1OCc1cc(OCc2ccccc2)cc(OCc2ccccc2)c1. The third-order valence-corrected chi connectivity index (χ3v) is 10.1. The molecule has 0 aliphatic heterocycles. The van der Waals surface area contributed by atoms with Crippen LogP contribution in [0.4, 0.5) is 0 Å². The highest BCUT2D eigenvalue weighted by atomic mass is 16.5. The predicted molar refractivity (Wildman–Crippen MR) is 238 cm³/mol. The molecule has 0 atom stereocenters. The molecule has 8 aromatic rings. The number of fused-ring (bicyclic) bond motifs is 1. The first-order valence-corrected chi connectivity index (χ1v) is 20.3. The molecule has 0 N–H and O–H groups in total. The van der Waals surface area contributed by atoms with Crippen molar-refractivity contribution in [1.29, 1.82) is 0 Å². The molecule has 60 heavy (non-hydrogen) atoms. The fraction of sp³-hybridized carbons (Fsp3) is 0.148. The average Bonchev–Trinajstić information content (AvgIpc) is 3.29. The van der Waals surface area contributed by atoms with Gasteiger partial charge in [-0.3, -0.25) is 0 Å². The monoisotopic (exact) mass is 792 g/mol. The lowest BCUT2D eigenvalue weighted by atomic mass is 10.0. The first kappa shape index (κ1) is 39.6. The molecule has 0 fully saturated rings. The van der Waals surface area contributed by atoms with Gasteiger partial charge in [0.15, 0.2) is 0 Å². The Labute approximate surface area is 352 Å². The zero-order valence-corrected chi connectivity index (χ0v) is 34.0. The molecule has 0 heterocycles. The van der Waals surface area contributed by atoms with Crippen molar-refractivity contribution >= 4 is 10.8 Å². The molecule has 8 rings (SSSR count). The number of hydrogen-bond donors (Lipinski definition) is 0. The highest BCUT2D eigenvalue weighted by Crippen LogP contribution is 2.38. The van der Waals surface area contributed by atoms with E-state index in [-0.39, 0.29) is 0 Å². The van der Waals surface area contributed by atoms with Gasteiger partial charge in [-0.2, -0.15) is 0 Å². The Balaban J connectivity index is 1.02. The second-order valence-electron chi connectivity index (χ2n) is 14.8. The molecule has 0 amide bonds. The third-order valence-electron chi connectivity index (χ3n) is 10.1. The van der Waals surface area contributed by atoms with Crippen molar-refractivity contribution in [2.75, 3.05) is 0 Å². The molecular weight excluding hydrogens is 745 g/mol. The Morgan fingerprint density at radius 3 is 0.817 bits per heavy atom. The Kier molecular flexibility index (Phi) is 12.9. The molecule has 6 heteroatoms. The molecule has 0 aromatic heterocycles. The maximum Gasteiger partial charge on any atom is 0.130 e. The van der Waals surface area contributed by atoms with Crippen molar-refractivity contribution < 1.29 is 28.4 Å². The second-order valence-corrected chi connectivity index (χ2v) is 14.8. The minimum Gasteiger partial charge on any atom is -0.489 e. The van der Waals surface area contributed by atoms with Crippen LogP contribution in [-0.2, 0) is 39.6 Å². The summed E-state index contributed by atoms with van der Waals surface area (Å²) in [5.41, 5.74) is 8.28. The van der Waals surface area contributed by atoms with E-state index >= 15 is 0 Å². The van der Waals surface area contributed by atoms with Gasteiger partial charge >= 0.3 is 0 Å².